The third kappa shape index (κ3) is 6.71. The van der Waals surface area contributed by atoms with Crippen LogP contribution in [0.2, 0.25) is 0 Å². The van der Waals surface area contributed by atoms with Crippen LogP contribution < -0.4 is 10.1 Å². The highest BCUT2D eigenvalue weighted by atomic mass is 32.2. The molecule has 0 saturated heterocycles. The summed E-state index contributed by atoms with van der Waals surface area (Å²) in [6, 6.07) is 7.34. The maximum Gasteiger partial charge on any atom is 0.313 e. The zero-order valence-electron chi connectivity index (χ0n) is 10.7. The molecule has 1 rings (SSSR count). The van der Waals surface area contributed by atoms with E-state index in [-0.39, 0.29) is 11.7 Å². The fourth-order valence-electron chi connectivity index (χ4n) is 1.45. The average Bonchev–Trinajstić information content (AvgIpc) is 2.38. The number of benzene rings is 1. The lowest BCUT2D eigenvalue weighted by Gasteiger charge is -2.06. The van der Waals surface area contributed by atoms with Gasteiger partial charge in [-0.3, -0.25) is 9.59 Å². The zero-order chi connectivity index (χ0) is 14.1. The number of amides is 1. The Balaban J connectivity index is 2.25. The normalized spacial score (nSPS) is 9.95. The summed E-state index contributed by atoms with van der Waals surface area (Å²) < 4.78 is 5.08. The van der Waals surface area contributed by atoms with E-state index < -0.39 is 5.97 Å². The molecule has 0 aromatic heterocycles. The molecule has 6 heteroatoms. The van der Waals surface area contributed by atoms with Gasteiger partial charge in [0.05, 0.1) is 19.3 Å². The third-order valence-electron chi connectivity index (χ3n) is 2.29. The molecule has 0 atom stereocenters. The Hall–Kier alpha value is -1.69. The Morgan fingerprint density at radius 3 is 2.89 bits per heavy atom. The van der Waals surface area contributed by atoms with E-state index in [0.717, 1.165) is 11.3 Å². The van der Waals surface area contributed by atoms with Gasteiger partial charge in [-0.05, 0) is 17.7 Å². The molecule has 0 saturated carbocycles. The van der Waals surface area contributed by atoms with E-state index in [1.54, 1.807) is 7.11 Å². The van der Waals surface area contributed by atoms with E-state index in [1.165, 1.54) is 11.8 Å². The van der Waals surface area contributed by atoms with Crippen LogP contribution in [0.4, 0.5) is 0 Å². The average molecular weight is 283 g/mol. The summed E-state index contributed by atoms with van der Waals surface area (Å²) in [6.45, 7) is 0.473. The molecule has 5 nitrogen and oxygen atoms in total. The minimum Gasteiger partial charge on any atom is -0.497 e. The van der Waals surface area contributed by atoms with E-state index in [1.807, 2.05) is 24.3 Å². The topological polar surface area (TPSA) is 75.6 Å². The van der Waals surface area contributed by atoms with Gasteiger partial charge in [0, 0.05) is 12.3 Å². The number of carbonyl (C=O) groups is 2. The van der Waals surface area contributed by atoms with Crippen LogP contribution in [0.3, 0.4) is 0 Å². The number of methoxy groups -OCH3 is 1. The van der Waals surface area contributed by atoms with Crippen molar-refractivity contribution in [2.24, 2.45) is 0 Å². The molecule has 0 aliphatic carbocycles. The van der Waals surface area contributed by atoms with Gasteiger partial charge in [-0.2, -0.15) is 0 Å². The van der Waals surface area contributed by atoms with Crippen molar-refractivity contribution in [1.82, 2.24) is 5.32 Å². The predicted octanol–water partition coefficient (Wildman–Crippen LogP) is 1.17. The number of nitrogens with one attached hydrogen (secondary N) is 1. The maximum atomic E-state index is 11.6. The van der Waals surface area contributed by atoms with Gasteiger partial charge >= 0.3 is 5.97 Å². The Morgan fingerprint density at radius 1 is 1.42 bits per heavy atom. The monoisotopic (exact) mass is 283 g/mol. The highest BCUT2D eigenvalue weighted by Crippen LogP contribution is 2.12. The molecular weight excluding hydrogens is 266 g/mol. The Labute approximate surface area is 116 Å². The molecule has 0 aliphatic rings. The lowest BCUT2D eigenvalue weighted by Crippen LogP contribution is -2.27. The van der Waals surface area contributed by atoms with Crippen molar-refractivity contribution in [3.63, 3.8) is 0 Å². The standard InChI is InChI=1S/C13H17NO4S/c1-18-11-4-2-3-10(7-11)8-12(15)14-5-6-19-9-13(16)17/h2-4,7H,5-6,8-9H2,1H3,(H,14,15)(H,16,17). The number of carbonyl (C=O) groups excluding carboxylic acids is 1. The number of hydrogen-bond acceptors (Lipinski definition) is 4. The number of hydrogen-bond donors (Lipinski definition) is 2. The molecule has 0 unspecified atom stereocenters. The van der Waals surface area contributed by atoms with Crippen LogP contribution in [0.15, 0.2) is 24.3 Å². The molecule has 1 amide bonds. The summed E-state index contributed by atoms with van der Waals surface area (Å²) in [6.07, 6.45) is 0.292. The number of aliphatic carboxylic acids is 1. The second-order valence-electron chi connectivity index (χ2n) is 3.82. The molecule has 1 aromatic carbocycles. The van der Waals surface area contributed by atoms with E-state index in [2.05, 4.69) is 5.32 Å². The minimum atomic E-state index is -0.840. The quantitative estimate of drug-likeness (QED) is 0.701. The van der Waals surface area contributed by atoms with Crippen molar-refractivity contribution < 1.29 is 19.4 Å². The Morgan fingerprint density at radius 2 is 2.21 bits per heavy atom. The molecule has 0 heterocycles. The highest BCUT2D eigenvalue weighted by molar-refractivity contribution is 7.99. The first-order chi connectivity index (χ1) is 9.11. The summed E-state index contributed by atoms with van der Waals surface area (Å²) in [4.78, 5) is 21.9. The van der Waals surface area contributed by atoms with Crippen molar-refractivity contribution in [2.45, 2.75) is 6.42 Å². The van der Waals surface area contributed by atoms with Gasteiger partial charge < -0.3 is 15.2 Å². The summed E-state index contributed by atoms with van der Waals surface area (Å²) in [7, 11) is 1.58. The molecule has 0 fully saturated rings. The SMILES string of the molecule is COc1cccc(CC(=O)NCCSCC(=O)O)c1. The third-order valence-corrected chi connectivity index (χ3v) is 3.24. The van der Waals surface area contributed by atoms with Crippen LogP contribution in [0.5, 0.6) is 5.75 Å². The molecule has 0 aliphatic heterocycles. The first kappa shape index (κ1) is 15.4. The van der Waals surface area contributed by atoms with Gasteiger partial charge in [-0.15, -0.1) is 11.8 Å². The van der Waals surface area contributed by atoms with E-state index >= 15 is 0 Å². The van der Waals surface area contributed by atoms with Crippen LogP contribution in [0, 0.1) is 0 Å². The summed E-state index contributed by atoms with van der Waals surface area (Å²) in [5, 5.41) is 11.2. The number of thioether (sulfide) groups is 1. The van der Waals surface area contributed by atoms with Crippen LogP contribution >= 0.6 is 11.8 Å². The second kappa shape index (κ2) is 8.42. The number of carboxylic acid groups (broad SMARTS) is 1. The predicted molar refractivity (Wildman–Crippen MR) is 74.7 cm³/mol. The first-order valence-corrected chi connectivity index (χ1v) is 6.96. The van der Waals surface area contributed by atoms with Gasteiger partial charge in [-0.1, -0.05) is 12.1 Å². The van der Waals surface area contributed by atoms with Crippen molar-refractivity contribution in [3.8, 4) is 5.75 Å². The summed E-state index contributed by atoms with van der Waals surface area (Å²) in [5.74, 6) is 0.459. The number of ether oxygens (including phenoxy) is 1. The highest BCUT2D eigenvalue weighted by Gasteiger charge is 2.04. The van der Waals surface area contributed by atoms with E-state index in [0.29, 0.717) is 18.7 Å². The molecule has 2 N–H and O–H groups in total. The summed E-state index contributed by atoms with van der Waals surface area (Å²) >= 11 is 1.28. The van der Waals surface area contributed by atoms with Gasteiger partial charge in [0.2, 0.25) is 5.91 Å². The van der Waals surface area contributed by atoms with Crippen LogP contribution in [-0.4, -0.2) is 42.1 Å². The van der Waals surface area contributed by atoms with Crippen LogP contribution in [-0.2, 0) is 16.0 Å². The largest absolute Gasteiger partial charge is 0.497 e. The van der Waals surface area contributed by atoms with Gasteiger partial charge in [0.1, 0.15) is 5.75 Å². The maximum absolute atomic E-state index is 11.6. The van der Waals surface area contributed by atoms with Gasteiger partial charge in [0.15, 0.2) is 0 Å². The fraction of sp³-hybridized carbons (Fsp3) is 0.385. The minimum absolute atomic E-state index is 0.0613. The Kier molecular flexibility index (Phi) is 6.81. The number of carboxylic acids is 1. The van der Waals surface area contributed by atoms with Crippen LogP contribution in [0.1, 0.15) is 5.56 Å². The van der Waals surface area contributed by atoms with Crippen molar-refractivity contribution in [2.75, 3.05) is 25.2 Å². The molecular formula is C13H17NO4S. The molecule has 19 heavy (non-hydrogen) atoms. The van der Waals surface area contributed by atoms with Crippen molar-refractivity contribution in [1.29, 1.82) is 0 Å². The lowest BCUT2D eigenvalue weighted by atomic mass is 10.1. The van der Waals surface area contributed by atoms with Crippen LogP contribution in [0.25, 0.3) is 0 Å². The van der Waals surface area contributed by atoms with E-state index in [9.17, 15) is 9.59 Å². The van der Waals surface area contributed by atoms with Gasteiger partial charge in [0.25, 0.3) is 0 Å². The molecule has 0 spiro atoms. The smallest absolute Gasteiger partial charge is 0.313 e. The van der Waals surface area contributed by atoms with Crippen molar-refractivity contribution in [3.05, 3.63) is 29.8 Å². The first-order valence-electron chi connectivity index (χ1n) is 5.81. The lowest BCUT2D eigenvalue weighted by molar-refractivity contribution is -0.133. The molecule has 104 valence electrons. The fourth-order valence-corrected chi connectivity index (χ4v) is 2.02. The molecule has 0 bridgehead atoms. The Bertz CT molecular complexity index is 436. The zero-order valence-corrected chi connectivity index (χ0v) is 11.5. The van der Waals surface area contributed by atoms with Crippen molar-refractivity contribution >= 4 is 23.6 Å². The number of rotatable bonds is 8. The van der Waals surface area contributed by atoms with Gasteiger partial charge in [-0.25, -0.2) is 0 Å². The molecule has 0 radical (unpaired) electrons. The second-order valence-corrected chi connectivity index (χ2v) is 4.93. The molecule has 1 aromatic rings. The van der Waals surface area contributed by atoms with E-state index in [4.69, 9.17) is 9.84 Å². The summed E-state index contributed by atoms with van der Waals surface area (Å²) in [5.41, 5.74) is 0.884.